The maximum atomic E-state index is 11.0. The summed E-state index contributed by atoms with van der Waals surface area (Å²) in [6, 6.07) is 8.99. The molecule has 0 unspecified atom stereocenters. The van der Waals surface area contributed by atoms with E-state index < -0.39 is 5.97 Å². The highest BCUT2D eigenvalue weighted by atomic mass is 32.2. The number of aromatic carboxylic acids is 1. The standard InChI is InChI=1S/C15H13NO4S/c1-9-11(15(17)18)3-5-14(16-9)21-10-2-4-12-13(8-10)20-7-6-19-12/h2-5,8H,6-7H2,1H3,(H,17,18). The molecule has 3 rings (SSSR count). The first-order chi connectivity index (χ1) is 10.1. The van der Waals surface area contributed by atoms with E-state index in [1.807, 2.05) is 18.2 Å². The number of carbonyl (C=O) groups is 1. The van der Waals surface area contributed by atoms with Crippen LogP contribution < -0.4 is 9.47 Å². The molecule has 0 fully saturated rings. The zero-order valence-corrected chi connectivity index (χ0v) is 12.1. The number of hydrogen-bond donors (Lipinski definition) is 1. The van der Waals surface area contributed by atoms with E-state index >= 15 is 0 Å². The minimum Gasteiger partial charge on any atom is -0.486 e. The predicted octanol–water partition coefficient (Wildman–Crippen LogP) is 3.01. The van der Waals surface area contributed by atoms with Crippen LogP contribution in [0.5, 0.6) is 11.5 Å². The van der Waals surface area contributed by atoms with Crippen molar-refractivity contribution in [2.45, 2.75) is 16.8 Å². The van der Waals surface area contributed by atoms with Gasteiger partial charge >= 0.3 is 5.97 Å². The fourth-order valence-electron chi connectivity index (χ4n) is 2.03. The van der Waals surface area contributed by atoms with Gasteiger partial charge in [0, 0.05) is 4.90 Å². The molecule has 6 heteroatoms. The Labute approximate surface area is 125 Å². The summed E-state index contributed by atoms with van der Waals surface area (Å²) >= 11 is 1.46. The normalized spacial score (nSPS) is 13.0. The molecule has 1 aliphatic heterocycles. The first-order valence-corrected chi connectivity index (χ1v) is 7.23. The molecule has 2 heterocycles. The Balaban J connectivity index is 1.83. The monoisotopic (exact) mass is 303 g/mol. The summed E-state index contributed by atoms with van der Waals surface area (Å²) in [4.78, 5) is 16.3. The third-order valence-corrected chi connectivity index (χ3v) is 3.95. The van der Waals surface area contributed by atoms with Gasteiger partial charge in [0.15, 0.2) is 11.5 Å². The molecule has 0 atom stereocenters. The van der Waals surface area contributed by atoms with E-state index in [0.29, 0.717) is 18.9 Å². The summed E-state index contributed by atoms with van der Waals surface area (Å²) < 4.78 is 11.0. The number of aromatic nitrogens is 1. The second-order valence-electron chi connectivity index (χ2n) is 4.50. The van der Waals surface area contributed by atoms with E-state index in [2.05, 4.69) is 4.98 Å². The third-order valence-electron chi connectivity index (χ3n) is 3.03. The van der Waals surface area contributed by atoms with E-state index in [1.54, 1.807) is 19.1 Å². The number of ether oxygens (including phenoxy) is 2. The van der Waals surface area contributed by atoms with Gasteiger partial charge in [-0.25, -0.2) is 9.78 Å². The molecule has 0 amide bonds. The molecule has 0 spiro atoms. The van der Waals surface area contributed by atoms with Gasteiger partial charge in [-0.3, -0.25) is 0 Å². The van der Waals surface area contributed by atoms with Crippen molar-refractivity contribution in [2.24, 2.45) is 0 Å². The number of carboxylic acids is 1. The molecule has 1 aliphatic rings. The van der Waals surface area contributed by atoms with Crippen molar-refractivity contribution in [3.63, 3.8) is 0 Å². The molecular weight excluding hydrogens is 290 g/mol. The van der Waals surface area contributed by atoms with Crippen molar-refractivity contribution >= 4 is 17.7 Å². The molecule has 5 nitrogen and oxygen atoms in total. The Hall–Kier alpha value is -2.21. The largest absolute Gasteiger partial charge is 0.486 e. The van der Waals surface area contributed by atoms with Crippen LogP contribution in [0.1, 0.15) is 16.1 Å². The average molecular weight is 303 g/mol. The average Bonchev–Trinajstić information content (AvgIpc) is 2.47. The lowest BCUT2D eigenvalue weighted by molar-refractivity contribution is 0.0695. The second-order valence-corrected chi connectivity index (χ2v) is 5.59. The summed E-state index contributed by atoms with van der Waals surface area (Å²) in [5, 5.41) is 9.75. The number of fused-ring (bicyclic) bond motifs is 1. The third kappa shape index (κ3) is 2.95. The van der Waals surface area contributed by atoms with Gasteiger partial charge in [0.25, 0.3) is 0 Å². The minimum absolute atomic E-state index is 0.224. The quantitative estimate of drug-likeness (QED) is 0.940. The first kappa shape index (κ1) is 13.8. The number of pyridine rings is 1. The van der Waals surface area contributed by atoms with Gasteiger partial charge in [0.2, 0.25) is 0 Å². The van der Waals surface area contributed by atoms with Gasteiger partial charge in [-0.15, -0.1) is 0 Å². The fraction of sp³-hybridized carbons (Fsp3) is 0.200. The summed E-state index contributed by atoms with van der Waals surface area (Å²) in [6.45, 7) is 2.81. The SMILES string of the molecule is Cc1nc(Sc2ccc3c(c2)OCCO3)ccc1C(=O)O. The van der Waals surface area contributed by atoms with E-state index in [4.69, 9.17) is 14.6 Å². The van der Waals surface area contributed by atoms with Crippen LogP contribution in [-0.2, 0) is 0 Å². The molecule has 1 aromatic heterocycles. The van der Waals surface area contributed by atoms with Crippen molar-refractivity contribution in [1.82, 2.24) is 4.98 Å². The smallest absolute Gasteiger partial charge is 0.337 e. The maximum Gasteiger partial charge on any atom is 0.337 e. The van der Waals surface area contributed by atoms with Crippen LogP contribution in [-0.4, -0.2) is 29.3 Å². The zero-order valence-electron chi connectivity index (χ0n) is 11.3. The summed E-state index contributed by atoms with van der Waals surface area (Å²) in [6.07, 6.45) is 0. The molecule has 2 aromatic rings. The lowest BCUT2D eigenvalue weighted by Gasteiger charge is -2.18. The number of nitrogens with zero attached hydrogens (tertiary/aromatic N) is 1. The lowest BCUT2D eigenvalue weighted by Crippen LogP contribution is -2.15. The first-order valence-electron chi connectivity index (χ1n) is 6.42. The number of hydrogen-bond acceptors (Lipinski definition) is 5. The molecule has 21 heavy (non-hydrogen) atoms. The topological polar surface area (TPSA) is 68.7 Å². The van der Waals surface area contributed by atoms with Gasteiger partial charge in [-0.2, -0.15) is 0 Å². The summed E-state index contributed by atoms with van der Waals surface area (Å²) in [7, 11) is 0. The van der Waals surface area contributed by atoms with E-state index in [9.17, 15) is 4.79 Å². The van der Waals surface area contributed by atoms with Crippen LogP contribution in [0.15, 0.2) is 40.3 Å². The molecule has 0 radical (unpaired) electrons. The molecule has 108 valence electrons. The molecule has 0 aliphatic carbocycles. The molecule has 1 aromatic carbocycles. The number of rotatable bonds is 3. The number of benzene rings is 1. The van der Waals surface area contributed by atoms with Crippen LogP contribution in [0.25, 0.3) is 0 Å². The van der Waals surface area contributed by atoms with Gasteiger partial charge in [-0.05, 0) is 37.3 Å². The molecule has 0 bridgehead atoms. The zero-order chi connectivity index (χ0) is 14.8. The van der Waals surface area contributed by atoms with Gasteiger partial charge < -0.3 is 14.6 Å². The number of aryl methyl sites for hydroxylation is 1. The lowest BCUT2D eigenvalue weighted by atomic mass is 10.2. The van der Waals surface area contributed by atoms with E-state index in [-0.39, 0.29) is 5.56 Å². The Kier molecular flexibility index (Phi) is 3.70. The van der Waals surface area contributed by atoms with Crippen LogP contribution in [0.4, 0.5) is 0 Å². The molecule has 0 saturated carbocycles. The van der Waals surface area contributed by atoms with Gasteiger partial charge in [-0.1, -0.05) is 11.8 Å². The molecule has 0 saturated heterocycles. The van der Waals surface area contributed by atoms with Crippen LogP contribution >= 0.6 is 11.8 Å². The molecule has 1 N–H and O–H groups in total. The summed E-state index contributed by atoms with van der Waals surface area (Å²) in [5.41, 5.74) is 0.728. The predicted molar refractivity (Wildman–Crippen MR) is 77.5 cm³/mol. The Morgan fingerprint density at radius 2 is 1.95 bits per heavy atom. The van der Waals surface area contributed by atoms with Crippen molar-refractivity contribution < 1.29 is 19.4 Å². The summed E-state index contributed by atoms with van der Waals surface area (Å²) in [5.74, 6) is 0.511. The van der Waals surface area contributed by atoms with Crippen molar-refractivity contribution in [3.05, 3.63) is 41.6 Å². The second kappa shape index (κ2) is 5.65. The Bertz CT molecular complexity index is 702. The van der Waals surface area contributed by atoms with Gasteiger partial charge in [0.1, 0.15) is 18.2 Å². The highest BCUT2D eigenvalue weighted by Gasteiger charge is 2.13. The molecular formula is C15H13NO4S. The van der Waals surface area contributed by atoms with Crippen LogP contribution in [0, 0.1) is 6.92 Å². The minimum atomic E-state index is -0.962. The van der Waals surface area contributed by atoms with Gasteiger partial charge in [0.05, 0.1) is 11.3 Å². The highest BCUT2D eigenvalue weighted by Crippen LogP contribution is 2.36. The number of carboxylic acid groups (broad SMARTS) is 1. The fourth-order valence-corrected chi connectivity index (χ4v) is 2.89. The van der Waals surface area contributed by atoms with Crippen LogP contribution in [0.3, 0.4) is 0 Å². The Morgan fingerprint density at radius 1 is 1.19 bits per heavy atom. The maximum absolute atomic E-state index is 11.0. The van der Waals surface area contributed by atoms with Crippen molar-refractivity contribution in [1.29, 1.82) is 0 Å². The van der Waals surface area contributed by atoms with E-state index in [1.165, 1.54) is 11.8 Å². The highest BCUT2D eigenvalue weighted by molar-refractivity contribution is 7.99. The van der Waals surface area contributed by atoms with Crippen molar-refractivity contribution in [2.75, 3.05) is 13.2 Å². The Morgan fingerprint density at radius 3 is 2.67 bits per heavy atom. The van der Waals surface area contributed by atoms with Crippen molar-refractivity contribution in [3.8, 4) is 11.5 Å². The van der Waals surface area contributed by atoms with Crippen LogP contribution in [0.2, 0.25) is 0 Å². The van der Waals surface area contributed by atoms with E-state index in [0.717, 1.165) is 21.4 Å².